The van der Waals surface area contributed by atoms with Crippen LogP contribution >= 0.6 is 0 Å². The van der Waals surface area contributed by atoms with Gasteiger partial charge in [0, 0.05) is 18.9 Å². The van der Waals surface area contributed by atoms with Gasteiger partial charge in [0.25, 0.3) is 0 Å². The molecule has 6 heteroatoms. The van der Waals surface area contributed by atoms with Crippen LogP contribution in [-0.2, 0) is 14.3 Å². The highest BCUT2D eigenvalue weighted by Crippen LogP contribution is 2.22. The molecule has 1 fully saturated rings. The molecule has 2 N–H and O–H groups in total. The van der Waals surface area contributed by atoms with E-state index in [4.69, 9.17) is 10.5 Å². The van der Waals surface area contributed by atoms with Crippen LogP contribution in [0.2, 0.25) is 0 Å². The fourth-order valence-electron chi connectivity index (χ4n) is 2.65. The third-order valence-corrected chi connectivity index (χ3v) is 3.79. The van der Waals surface area contributed by atoms with Crippen LogP contribution in [0.1, 0.15) is 30.1 Å². The first-order valence-corrected chi connectivity index (χ1v) is 7.33. The Morgan fingerprint density at radius 3 is 2.64 bits per heavy atom. The molecular weight excluding hydrogens is 284 g/mol. The molecule has 0 spiro atoms. The maximum atomic E-state index is 12.0. The van der Waals surface area contributed by atoms with Crippen molar-refractivity contribution >= 4 is 17.8 Å². The Labute approximate surface area is 129 Å². The first-order valence-electron chi connectivity index (χ1n) is 7.33. The number of rotatable bonds is 6. The van der Waals surface area contributed by atoms with Crippen LogP contribution in [0.5, 0.6) is 0 Å². The van der Waals surface area contributed by atoms with Gasteiger partial charge in [0.1, 0.15) is 6.04 Å². The third kappa shape index (κ3) is 3.63. The Morgan fingerprint density at radius 2 is 2.05 bits per heavy atom. The number of likely N-dealkylation sites (tertiary alicyclic amines) is 1. The lowest BCUT2D eigenvalue weighted by atomic mass is 10.1. The molecule has 0 bridgehead atoms. The van der Waals surface area contributed by atoms with E-state index in [0.29, 0.717) is 18.5 Å². The molecule has 0 aliphatic carbocycles. The molecule has 1 aromatic rings. The molecule has 6 nitrogen and oxygen atoms in total. The summed E-state index contributed by atoms with van der Waals surface area (Å²) < 4.78 is 5.25. The van der Waals surface area contributed by atoms with Crippen LogP contribution in [0.25, 0.3) is 0 Å². The molecule has 0 radical (unpaired) electrons. The average molecular weight is 304 g/mol. The summed E-state index contributed by atoms with van der Waals surface area (Å²) in [5, 5.41) is 0. The summed E-state index contributed by atoms with van der Waals surface area (Å²) in [4.78, 5) is 36.7. The van der Waals surface area contributed by atoms with E-state index < -0.39 is 17.9 Å². The second-order valence-electron chi connectivity index (χ2n) is 5.41. The molecule has 22 heavy (non-hydrogen) atoms. The van der Waals surface area contributed by atoms with Crippen LogP contribution in [0.4, 0.5) is 0 Å². The molecule has 118 valence electrons. The molecule has 2 rings (SSSR count). The lowest BCUT2D eigenvalue weighted by Crippen LogP contribution is -2.45. The highest BCUT2D eigenvalue weighted by Gasteiger charge is 2.36. The van der Waals surface area contributed by atoms with Crippen LogP contribution in [0.15, 0.2) is 30.3 Å². The first kappa shape index (κ1) is 16.0. The van der Waals surface area contributed by atoms with Crippen molar-refractivity contribution in [2.75, 3.05) is 13.2 Å². The smallest absolute Gasteiger partial charge is 0.338 e. The van der Waals surface area contributed by atoms with Gasteiger partial charge in [0.05, 0.1) is 12.2 Å². The topological polar surface area (TPSA) is 89.7 Å². The first-order chi connectivity index (χ1) is 10.5. The van der Waals surface area contributed by atoms with E-state index in [-0.39, 0.29) is 24.9 Å². The molecule has 1 aliphatic heterocycles. The quantitative estimate of drug-likeness (QED) is 0.793. The van der Waals surface area contributed by atoms with Crippen LogP contribution < -0.4 is 5.73 Å². The molecule has 0 aromatic heterocycles. The van der Waals surface area contributed by atoms with Gasteiger partial charge in [-0.25, -0.2) is 4.79 Å². The molecule has 1 aliphatic rings. The van der Waals surface area contributed by atoms with E-state index in [0.717, 1.165) is 0 Å². The van der Waals surface area contributed by atoms with Crippen molar-refractivity contribution < 1.29 is 19.1 Å². The fourth-order valence-corrected chi connectivity index (χ4v) is 2.65. The Balaban J connectivity index is 1.89. The Morgan fingerprint density at radius 1 is 1.36 bits per heavy atom. The number of benzene rings is 1. The monoisotopic (exact) mass is 304 g/mol. The van der Waals surface area contributed by atoms with Crippen LogP contribution in [-0.4, -0.2) is 41.9 Å². The highest BCUT2D eigenvalue weighted by atomic mass is 16.5. The summed E-state index contributed by atoms with van der Waals surface area (Å²) in [7, 11) is 0. The van der Waals surface area contributed by atoms with Gasteiger partial charge in [-0.15, -0.1) is 0 Å². The number of carbonyl (C=O) groups excluding carboxylic acids is 3. The van der Waals surface area contributed by atoms with Gasteiger partial charge >= 0.3 is 5.97 Å². The van der Waals surface area contributed by atoms with Crippen LogP contribution in [0, 0.1) is 5.92 Å². The lowest BCUT2D eigenvalue weighted by Gasteiger charge is -2.24. The third-order valence-electron chi connectivity index (χ3n) is 3.79. The molecule has 2 atom stereocenters. The fraction of sp³-hybridized carbons (Fsp3) is 0.438. The number of hydrogen-bond acceptors (Lipinski definition) is 4. The second-order valence-corrected chi connectivity index (χ2v) is 5.41. The largest absolute Gasteiger partial charge is 0.462 e. The van der Waals surface area contributed by atoms with E-state index in [9.17, 15) is 14.4 Å². The highest BCUT2D eigenvalue weighted by molar-refractivity contribution is 5.89. The standard InChI is InChI=1S/C16H20N2O4/c1-2-13(15(17)20)18-9-11(8-14(18)19)10-22-16(21)12-6-4-3-5-7-12/h3-7,11,13H,2,8-10H2,1H3,(H2,17,20)/t11?,13-/m0/s1. The maximum absolute atomic E-state index is 12.0. The number of esters is 1. The molecule has 0 saturated carbocycles. The number of ether oxygens (including phenoxy) is 1. The molecule has 2 amide bonds. The molecule has 1 saturated heterocycles. The summed E-state index contributed by atoms with van der Waals surface area (Å²) in [5.41, 5.74) is 5.79. The van der Waals surface area contributed by atoms with E-state index in [2.05, 4.69) is 0 Å². The second kappa shape index (κ2) is 7.06. The van der Waals surface area contributed by atoms with Gasteiger partial charge in [0.2, 0.25) is 11.8 Å². The van der Waals surface area contributed by atoms with Crippen LogP contribution in [0.3, 0.4) is 0 Å². The Hall–Kier alpha value is -2.37. The summed E-state index contributed by atoms with van der Waals surface area (Å²) in [6.07, 6.45) is 0.753. The number of amides is 2. The van der Waals surface area contributed by atoms with Gasteiger partial charge in [-0.1, -0.05) is 25.1 Å². The van der Waals surface area contributed by atoms with Gasteiger partial charge < -0.3 is 15.4 Å². The predicted octanol–water partition coefficient (Wildman–Crippen LogP) is 0.956. The summed E-state index contributed by atoms with van der Waals surface area (Å²) in [6.45, 7) is 2.36. The number of carbonyl (C=O) groups is 3. The van der Waals surface area contributed by atoms with Gasteiger partial charge in [-0.3, -0.25) is 9.59 Å². The van der Waals surface area contributed by atoms with Crippen molar-refractivity contribution in [3.63, 3.8) is 0 Å². The average Bonchev–Trinajstić information content (AvgIpc) is 2.87. The number of nitrogens with zero attached hydrogens (tertiary/aromatic N) is 1. The SMILES string of the molecule is CC[C@@H](C(N)=O)N1CC(COC(=O)c2ccccc2)CC1=O. The zero-order valence-electron chi connectivity index (χ0n) is 12.5. The summed E-state index contributed by atoms with van der Waals surface area (Å²) >= 11 is 0. The van der Waals surface area contributed by atoms with Gasteiger partial charge in [0.15, 0.2) is 0 Å². The summed E-state index contributed by atoms with van der Waals surface area (Å²) in [5.74, 6) is -1.13. The van der Waals surface area contributed by atoms with Crippen molar-refractivity contribution in [2.45, 2.75) is 25.8 Å². The van der Waals surface area contributed by atoms with Crippen molar-refractivity contribution in [1.29, 1.82) is 0 Å². The molecule has 1 heterocycles. The van der Waals surface area contributed by atoms with Crippen molar-refractivity contribution in [1.82, 2.24) is 4.90 Å². The van der Waals surface area contributed by atoms with E-state index in [1.807, 2.05) is 13.0 Å². The molecule has 1 unspecified atom stereocenters. The molecule has 1 aromatic carbocycles. The molecular formula is C16H20N2O4. The van der Waals surface area contributed by atoms with E-state index in [1.54, 1.807) is 24.3 Å². The predicted molar refractivity (Wildman–Crippen MR) is 79.8 cm³/mol. The van der Waals surface area contributed by atoms with Gasteiger partial charge in [-0.2, -0.15) is 0 Å². The minimum absolute atomic E-state index is 0.103. The maximum Gasteiger partial charge on any atom is 0.338 e. The minimum atomic E-state index is -0.581. The summed E-state index contributed by atoms with van der Waals surface area (Å²) in [6, 6.07) is 8.11. The zero-order valence-corrected chi connectivity index (χ0v) is 12.5. The normalized spacial score (nSPS) is 19.0. The number of primary amides is 1. The van der Waals surface area contributed by atoms with E-state index >= 15 is 0 Å². The Kier molecular flexibility index (Phi) is 5.14. The lowest BCUT2D eigenvalue weighted by molar-refractivity contribution is -0.136. The zero-order chi connectivity index (χ0) is 16.1. The Bertz CT molecular complexity index is 559. The van der Waals surface area contributed by atoms with Crippen molar-refractivity contribution in [3.8, 4) is 0 Å². The van der Waals surface area contributed by atoms with Gasteiger partial charge in [-0.05, 0) is 18.6 Å². The minimum Gasteiger partial charge on any atom is -0.462 e. The number of hydrogen-bond donors (Lipinski definition) is 1. The van der Waals surface area contributed by atoms with Crippen molar-refractivity contribution in [2.24, 2.45) is 11.7 Å². The number of nitrogens with two attached hydrogens (primary N) is 1. The van der Waals surface area contributed by atoms with E-state index in [1.165, 1.54) is 4.90 Å². The van der Waals surface area contributed by atoms with Crippen molar-refractivity contribution in [3.05, 3.63) is 35.9 Å².